The molecule has 0 spiro atoms. The summed E-state index contributed by atoms with van der Waals surface area (Å²) in [4.78, 5) is 32.6. The number of fused-ring (bicyclic) bond motifs is 4. The van der Waals surface area contributed by atoms with Crippen LogP contribution in [-0.2, 0) is 19.4 Å². The minimum Gasteiger partial charge on any atom is -0.453 e. The second kappa shape index (κ2) is 6.91. The van der Waals surface area contributed by atoms with Crippen molar-refractivity contribution >= 4 is 38.3 Å². The summed E-state index contributed by atoms with van der Waals surface area (Å²) in [6.07, 6.45) is 4.47. The lowest BCUT2D eigenvalue weighted by atomic mass is 9.72. The first-order valence-electron chi connectivity index (χ1n) is 10.3. The van der Waals surface area contributed by atoms with Crippen molar-refractivity contribution in [3.8, 4) is 0 Å². The van der Waals surface area contributed by atoms with E-state index in [1.54, 1.807) is 17.4 Å². The number of carbonyl (C=O) groups excluding carboxylic acids is 1. The largest absolute Gasteiger partial charge is 0.453 e. The molecule has 0 unspecified atom stereocenters. The second-order valence-electron chi connectivity index (χ2n) is 9.24. The third-order valence-electron chi connectivity index (χ3n) is 6.27. The van der Waals surface area contributed by atoms with Crippen LogP contribution in [0, 0.1) is 11.3 Å². The summed E-state index contributed by atoms with van der Waals surface area (Å²) in [5, 5.41) is 1.57. The number of para-hydroxylation sites is 1. The van der Waals surface area contributed by atoms with Gasteiger partial charge in [0, 0.05) is 10.3 Å². The Morgan fingerprint density at radius 2 is 2.10 bits per heavy atom. The summed E-state index contributed by atoms with van der Waals surface area (Å²) in [6.45, 7) is 6.78. The molecule has 0 fully saturated rings. The Hall–Kier alpha value is -2.73. The van der Waals surface area contributed by atoms with Crippen molar-refractivity contribution in [2.45, 2.75) is 46.6 Å². The normalized spacial score (nSPS) is 16.8. The maximum Gasteiger partial charge on any atom is 0.262 e. The van der Waals surface area contributed by atoms with Gasteiger partial charge in [-0.25, -0.2) is 4.98 Å². The monoisotopic (exact) mass is 420 g/mol. The van der Waals surface area contributed by atoms with Crippen LogP contribution in [0.1, 0.15) is 48.2 Å². The fourth-order valence-electron chi connectivity index (χ4n) is 4.40. The Balaban J connectivity index is 1.48. The maximum atomic E-state index is 13.2. The third-order valence-corrected chi connectivity index (χ3v) is 7.44. The molecular weight excluding hydrogens is 396 g/mol. The van der Waals surface area contributed by atoms with E-state index in [1.807, 2.05) is 24.3 Å². The van der Waals surface area contributed by atoms with E-state index in [4.69, 9.17) is 4.42 Å². The summed E-state index contributed by atoms with van der Waals surface area (Å²) in [5.74, 6) is 0.643. The Labute approximate surface area is 178 Å². The van der Waals surface area contributed by atoms with Gasteiger partial charge >= 0.3 is 0 Å². The van der Waals surface area contributed by atoms with Gasteiger partial charge in [-0.2, -0.15) is 0 Å². The first kappa shape index (κ1) is 19.2. The lowest BCUT2D eigenvalue weighted by molar-refractivity contribution is 0.0945. The number of aromatic nitrogens is 2. The molecule has 3 heterocycles. The Morgan fingerprint density at radius 3 is 2.87 bits per heavy atom. The predicted molar refractivity (Wildman–Crippen MR) is 119 cm³/mol. The van der Waals surface area contributed by atoms with Crippen molar-refractivity contribution in [1.29, 1.82) is 0 Å². The molecule has 0 saturated carbocycles. The van der Waals surface area contributed by atoms with Gasteiger partial charge in [-0.1, -0.05) is 39.0 Å². The number of hydrogen-bond donors (Lipinski definition) is 0. The molecule has 1 aliphatic rings. The van der Waals surface area contributed by atoms with Gasteiger partial charge < -0.3 is 4.42 Å². The highest BCUT2D eigenvalue weighted by molar-refractivity contribution is 7.18. The van der Waals surface area contributed by atoms with Crippen LogP contribution in [-0.4, -0.2) is 15.3 Å². The van der Waals surface area contributed by atoms with Crippen molar-refractivity contribution < 1.29 is 9.21 Å². The molecule has 4 aromatic rings. The van der Waals surface area contributed by atoms with Crippen molar-refractivity contribution in [2.24, 2.45) is 11.3 Å². The van der Waals surface area contributed by atoms with Gasteiger partial charge in [0.15, 0.2) is 5.76 Å². The van der Waals surface area contributed by atoms with E-state index >= 15 is 0 Å². The van der Waals surface area contributed by atoms with Crippen LogP contribution in [0.15, 0.2) is 45.9 Å². The van der Waals surface area contributed by atoms with E-state index in [0.717, 1.165) is 35.0 Å². The van der Waals surface area contributed by atoms with Gasteiger partial charge in [0.1, 0.15) is 10.4 Å². The van der Waals surface area contributed by atoms with Crippen LogP contribution in [0.3, 0.4) is 0 Å². The quantitative estimate of drug-likeness (QED) is 0.425. The molecule has 0 N–H and O–H groups in total. The minimum absolute atomic E-state index is 0.0726. The summed E-state index contributed by atoms with van der Waals surface area (Å²) in [7, 11) is 0. The molecule has 0 saturated heterocycles. The summed E-state index contributed by atoms with van der Waals surface area (Å²) in [6, 6.07) is 9.23. The number of hydrogen-bond acceptors (Lipinski definition) is 5. The number of nitrogens with zero attached hydrogens (tertiary/aromatic N) is 2. The number of thiophene rings is 1. The van der Waals surface area contributed by atoms with E-state index in [-0.39, 0.29) is 29.1 Å². The van der Waals surface area contributed by atoms with Gasteiger partial charge in [0.25, 0.3) is 5.56 Å². The molecule has 1 aromatic carbocycles. The topological polar surface area (TPSA) is 65.1 Å². The minimum atomic E-state index is -0.230. The zero-order valence-corrected chi connectivity index (χ0v) is 18.2. The van der Waals surface area contributed by atoms with Crippen LogP contribution in [0.2, 0.25) is 0 Å². The van der Waals surface area contributed by atoms with Crippen molar-refractivity contribution in [3.63, 3.8) is 0 Å². The molecule has 0 aliphatic heterocycles. The SMILES string of the molecule is CC(C)(C)[C@@H]1CCc2c(sc3ncn(CC(=O)c4cc5ccccc5o4)c(=O)c23)C1. The number of Topliss-reactive ketones (excluding diaryl/α,β-unsaturated/α-hetero) is 1. The Kier molecular flexibility index (Phi) is 4.43. The van der Waals surface area contributed by atoms with Gasteiger partial charge in [0.05, 0.1) is 18.3 Å². The molecule has 5 rings (SSSR count). The van der Waals surface area contributed by atoms with E-state index in [2.05, 4.69) is 25.8 Å². The summed E-state index contributed by atoms with van der Waals surface area (Å²) >= 11 is 1.63. The highest BCUT2D eigenvalue weighted by Gasteiger charge is 2.31. The lowest BCUT2D eigenvalue weighted by Crippen LogP contribution is -2.27. The molecule has 1 aliphatic carbocycles. The highest BCUT2D eigenvalue weighted by atomic mass is 32.1. The standard InChI is InChI=1S/C24H24N2O3S/c1-24(2,3)15-8-9-16-20(11-15)30-22-21(16)23(28)26(13-25-22)12-17(27)19-10-14-6-4-5-7-18(14)29-19/h4-7,10,13,15H,8-9,11-12H2,1-3H3/t15-/m1/s1. The van der Waals surface area contributed by atoms with Gasteiger partial charge in [-0.15, -0.1) is 11.3 Å². The maximum absolute atomic E-state index is 13.2. The number of benzene rings is 1. The number of furan rings is 1. The average molecular weight is 421 g/mol. The Bertz CT molecular complexity index is 1300. The third kappa shape index (κ3) is 3.19. The van der Waals surface area contributed by atoms with Gasteiger partial charge in [-0.3, -0.25) is 14.2 Å². The number of carbonyl (C=O) groups is 1. The molecule has 3 aromatic heterocycles. The molecule has 1 atom stereocenters. The fraction of sp³-hybridized carbons (Fsp3) is 0.375. The second-order valence-corrected chi connectivity index (χ2v) is 10.3. The molecule has 0 radical (unpaired) electrons. The van der Waals surface area contributed by atoms with Crippen LogP contribution < -0.4 is 5.56 Å². The van der Waals surface area contributed by atoms with Crippen LogP contribution in [0.25, 0.3) is 21.2 Å². The van der Waals surface area contributed by atoms with Crippen LogP contribution >= 0.6 is 11.3 Å². The van der Waals surface area contributed by atoms with Crippen molar-refractivity contribution in [3.05, 3.63) is 63.2 Å². The van der Waals surface area contributed by atoms with Gasteiger partial charge in [0.2, 0.25) is 5.78 Å². The fourth-order valence-corrected chi connectivity index (χ4v) is 5.66. The molecular formula is C24H24N2O3S. The smallest absolute Gasteiger partial charge is 0.262 e. The zero-order chi connectivity index (χ0) is 21.0. The van der Waals surface area contributed by atoms with Crippen molar-refractivity contribution in [1.82, 2.24) is 9.55 Å². The lowest BCUT2D eigenvalue weighted by Gasteiger charge is -2.33. The van der Waals surface area contributed by atoms with E-state index in [1.165, 1.54) is 15.8 Å². The van der Waals surface area contributed by atoms with E-state index in [9.17, 15) is 9.59 Å². The highest BCUT2D eigenvalue weighted by Crippen LogP contribution is 2.41. The van der Waals surface area contributed by atoms with Crippen molar-refractivity contribution in [2.75, 3.05) is 0 Å². The molecule has 0 amide bonds. The molecule has 30 heavy (non-hydrogen) atoms. The number of aryl methyl sites for hydroxylation is 1. The zero-order valence-electron chi connectivity index (χ0n) is 17.4. The van der Waals surface area contributed by atoms with E-state index < -0.39 is 0 Å². The molecule has 154 valence electrons. The predicted octanol–water partition coefficient (Wildman–Crippen LogP) is 5.24. The summed E-state index contributed by atoms with van der Waals surface area (Å²) < 4.78 is 7.08. The molecule has 0 bridgehead atoms. The number of rotatable bonds is 3. The van der Waals surface area contributed by atoms with E-state index in [0.29, 0.717) is 16.9 Å². The Morgan fingerprint density at radius 1 is 1.30 bits per heavy atom. The molecule has 5 nitrogen and oxygen atoms in total. The first-order valence-corrected chi connectivity index (χ1v) is 11.1. The van der Waals surface area contributed by atoms with Crippen LogP contribution in [0.5, 0.6) is 0 Å². The van der Waals surface area contributed by atoms with Gasteiger partial charge in [-0.05, 0) is 48.3 Å². The summed E-state index contributed by atoms with van der Waals surface area (Å²) in [5.41, 5.74) is 1.93. The first-order chi connectivity index (χ1) is 14.3. The number of ketones is 1. The van der Waals surface area contributed by atoms with Crippen LogP contribution in [0.4, 0.5) is 0 Å². The molecule has 6 heteroatoms. The average Bonchev–Trinajstić information content (AvgIpc) is 3.30.